The van der Waals surface area contributed by atoms with Crippen LogP contribution >= 0.6 is 12.2 Å². The molecule has 0 spiro atoms. The molecule has 1 aliphatic heterocycles. The molecule has 1 N–H and O–H groups in total. The van der Waals surface area contributed by atoms with Crippen LogP contribution in [0.2, 0.25) is 0 Å². The van der Waals surface area contributed by atoms with E-state index >= 15 is 0 Å². The fourth-order valence-corrected chi connectivity index (χ4v) is 3.16. The van der Waals surface area contributed by atoms with Crippen molar-refractivity contribution < 1.29 is 19.1 Å². The Bertz CT molecular complexity index is 967. The van der Waals surface area contributed by atoms with Crippen molar-refractivity contribution in [2.24, 2.45) is 0 Å². The molecule has 7 heteroatoms. The molecule has 1 aliphatic rings. The molecule has 0 saturated carbocycles. The van der Waals surface area contributed by atoms with Crippen molar-refractivity contribution in [2.45, 2.75) is 13.3 Å². The Morgan fingerprint density at radius 2 is 1.79 bits per heavy atom. The van der Waals surface area contributed by atoms with Gasteiger partial charge in [0.25, 0.3) is 11.8 Å². The van der Waals surface area contributed by atoms with Crippen LogP contribution in [0.25, 0.3) is 6.08 Å². The Morgan fingerprint density at radius 3 is 2.39 bits per heavy atom. The van der Waals surface area contributed by atoms with Gasteiger partial charge in [0.05, 0.1) is 19.9 Å². The molecular weight excluding hydrogens is 376 g/mol. The molecule has 3 rings (SSSR count). The molecule has 0 aliphatic carbocycles. The first-order valence-corrected chi connectivity index (χ1v) is 9.11. The minimum Gasteiger partial charge on any atom is -0.497 e. The number of nitrogens with zero attached hydrogens (tertiary/aromatic N) is 1. The zero-order chi connectivity index (χ0) is 20.3. The highest BCUT2D eigenvalue weighted by Gasteiger charge is 2.34. The maximum atomic E-state index is 13.1. The van der Waals surface area contributed by atoms with Gasteiger partial charge in [-0.2, -0.15) is 0 Å². The molecule has 0 radical (unpaired) electrons. The molecule has 0 unspecified atom stereocenters. The number of amides is 2. The highest BCUT2D eigenvalue weighted by Crippen LogP contribution is 2.28. The first-order chi connectivity index (χ1) is 13.5. The average molecular weight is 396 g/mol. The Kier molecular flexibility index (Phi) is 5.75. The van der Waals surface area contributed by atoms with Crippen LogP contribution in [-0.2, 0) is 16.0 Å². The van der Waals surface area contributed by atoms with Gasteiger partial charge in [-0.15, -0.1) is 0 Å². The van der Waals surface area contributed by atoms with E-state index in [2.05, 4.69) is 5.32 Å². The summed E-state index contributed by atoms with van der Waals surface area (Å²) in [4.78, 5) is 26.9. The maximum absolute atomic E-state index is 13.1. The molecule has 1 saturated heterocycles. The number of anilines is 1. The summed E-state index contributed by atoms with van der Waals surface area (Å²) in [5.74, 6) is 0.0453. The van der Waals surface area contributed by atoms with Crippen molar-refractivity contribution in [3.8, 4) is 11.5 Å². The van der Waals surface area contributed by atoms with Crippen LogP contribution in [0.5, 0.6) is 11.5 Å². The first kappa shape index (κ1) is 19.6. The summed E-state index contributed by atoms with van der Waals surface area (Å²) in [6.07, 6.45) is 2.37. The summed E-state index contributed by atoms with van der Waals surface area (Å²) in [5, 5.41) is 2.63. The molecule has 0 bridgehead atoms. The standard InChI is InChI=1S/C21H20N2O4S/c1-4-13-5-7-15(8-6-13)23-20(25)17(19(24)22-21(23)28)12-14-11-16(26-2)9-10-18(14)27-3/h5-12H,4H2,1-3H3,(H,22,24,28)/b17-12+. The molecule has 144 valence electrons. The van der Waals surface area contributed by atoms with E-state index in [0.29, 0.717) is 22.7 Å². The van der Waals surface area contributed by atoms with Gasteiger partial charge in [0.1, 0.15) is 17.1 Å². The van der Waals surface area contributed by atoms with Crippen LogP contribution in [0, 0.1) is 0 Å². The van der Waals surface area contributed by atoms with Crippen molar-refractivity contribution in [3.63, 3.8) is 0 Å². The van der Waals surface area contributed by atoms with Crippen LogP contribution < -0.4 is 19.7 Å². The number of ether oxygens (including phenoxy) is 2. The van der Waals surface area contributed by atoms with Gasteiger partial charge in [-0.25, -0.2) is 0 Å². The van der Waals surface area contributed by atoms with E-state index in [1.54, 1.807) is 18.2 Å². The molecule has 2 aromatic rings. The second kappa shape index (κ2) is 8.22. The summed E-state index contributed by atoms with van der Waals surface area (Å²) >= 11 is 5.23. The predicted octanol–water partition coefficient (Wildman–Crippen LogP) is 3.10. The number of rotatable bonds is 5. The molecular formula is C21H20N2O4S. The summed E-state index contributed by atoms with van der Waals surface area (Å²) in [5.41, 5.74) is 2.24. The number of benzene rings is 2. The minimum absolute atomic E-state index is 0.0419. The SMILES string of the molecule is CCc1ccc(N2C(=O)/C(=C/c3cc(OC)ccc3OC)C(=O)NC2=S)cc1. The molecule has 2 amide bonds. The van der Waals surface area contributed by atoms with E-state index in [9.17, 15) is 9.59 Å². The van der Waals surface area contributed by atoms with Gasteiger partial charge < -0.3 is 9.47 Å². The lowest BCUT2D eigenvalue weighted by atomic mass is 10.1. The largest absolute Gasteiger partial charge is 0.497 e. The summed E-state index contributed by atoms with van der Waals surface area (Å²) in [6.45, 7) is 2.05. The number of carbonyl (C=O) groups excluding carboxylic acids is 2. The molecule has 6 nitrogen and oxygen atoms in total. The van der Waals surface area contributed by atoms with Crippen LogP contribution in [-0.4, -0.2) is 31.1 Å². The molecule has 28 heavy (non-hydrogen) atoms. The van der Waals surface area contributed by atoms with Gasteiger partial charge in [-0.1, -0.05) is 19.1 Å². The lowest BCUT2D eigenvalue weighted by Crippen LogP contribution is -2.54. The zero-order valence-electron chi connectivity index (χ0n) is 15.8. The second-order valence-corrected chi connectivity index (χ2v) is 6.47. The van der Waals surface area contributed by atoms with Gasteiger partial charge in [-0.05, 0) is 60.6 Å². The average Bonchev–Trinajstić information content (AvgIpc) is 2.71. The van der Waals surface area contributed by atoms with Crippen molar-refractivity contribution in [2.75, 3.05) is 19.1 Å². The smallest absolute Gasteiger partial charge is 0.270 e. The van der Waals surface area contributed by atoms with Crippen molar-refractivity contribution in [1.29, 1.82) is 0 Å². The summed E-state index contributed by atoms with van der Waals surface area (Å²) < 4.78 is 10.6. The van der Waals surface area contributed by atoms with E-state index in [1.807, 2.05) is 31.2 Å². The maximum Gasteiger partial charge on any atom is 0.270 e. The number of nitrogens with one attached hydrogen (secondary N) is 1. The van der Waals surface area contributed by atoms with Crippen LogP contribution in [0.3, 0.4) is 0 Å². The van der Waals surface area contributed by atoms with Gasteiger partial charge in [0, 0.05) is 5.56 Å². The van der Waals surface area contributed by atoms with E-state index in [-0.39, 0.29) is 10.7 Å². The van der Waals surface area contributed by atoms with E-state index in [4.69, 9.17) is 21.7 Å². The molecule has 0 atom stereocenters. The number of hydrogen-bond acceptors (Lipinski definition) is 5. The fraction of sp³-hybridized carbons (Fsp3) is 0.190. The quantitative estimate of drug-likeness (QED) is 0.478. The van der Waals surface area contributed by atoms with E-state index in [1.165, 1.54) is 25.2 Å². The first-order valence-electron chi connectivity index (χ1n) is 8.71. The van der Waals surface area contributed by atoms with Crippen LogP contribution in [0.4, 0.5) is 5.69 Å². The molecule has 1 heterocycles. The molecule has 2 aromatic carbocycles. The Hall–Kier alpha value is -3.19. The van der Waals surface area contributed by atoms with Gasteiger partial charge in [-0.3, -0.25) is 19.8 Å². The third kappa shape index (κ3) is 3.75. The molecule has 1 fully saturated rings. The monoisotopic (exact) mass is 396 g/mol. The molecule has 0 aromatic heterocycles. The Balaban J connectivity index is 2.03. The predicted molar refractivity (Wildman–Crippen MR) is 112 cm³/mol. The van der Waals surface area contributed by atoms with Gasteiger partial charge >= 0.3 is 0 Å². The van der Waals surface area contributed by atoms with Crippen molar-refractivity contribution >= 4 is 40.9 Å². The third-order valence-electron chi connectivity index (χ3n) is 4.44. The minimum atomic E-state index is -0.554. The highest BCUT2D eigenvalue weighted by atomic mass is 32.1. The van der Waals surface area contributed by atoms with Gasteiger partial charge in [0.15, 0.2) is 5.11 Å². The van der Waals surface area contributed by atoms with Crippen LogP contribution in [0.15, 0.2) is 48.0 Å². The summed E-state index contributed by atoms with van der Waals surface area (Å²) in [7, 11) is 3.06. The van der Waals surface area contributed by atoms with Crippen molar-refractivity contribution in [3.05, 3.63) is 59.2 Å². The lowest BCUT2D eigenvalue weighted by molar-refractivity contribution is -0.122. The number of aryl methyl sites for hydroxylation is 1. The Labute approximate surface area is 168 Å². The third-order valence-corrected chi connectivity index (χ3v) is 4.73. The second-order valence-electron chi connectivity index (χ2n) is 6.09. The Morgan fingerprint density at radius 1 is 1.07 bits per heavy atom. The fourth-order valence-electron chi connectivity index (χ4n) is 2.88. The zero-order valence-corrected chi connectivity index (χ0v) is 16.6. The topological polar surface area (TPSA) is 67.9 Å². The number of carbonyl (C=O) groups is 2. The van der Waals surface area contributed by atoms with Gasteiger partial charge in [0.2, 0.25) is 0 Å². The number of thiocarbonyl (C=S) groups is 1. The normalized spacial score (nSPS) is 15.6. The van der Waals surface area contributed by atoms with E-state index in [0.717, 1.165) is 12.0 Å². The lowest BCUT2D eigenvalue weighted by Gasteiger charge is -2.29. The summed E-state index contributed by atoms with van der Waals surface area (Å²) in [6, 6.07) is 12.6. The highest BCUT2D eigenvalue weighted by molar-refractivity contribution is 7.80. The van der Waals surface area contributed by atoms with Crippen LogP contribution in [0.1, 0.15) is 18.1 Å². The van der Waals surface area contributed by atoms with Crippen molar-refractivity contribution in [1.82, 2.24) is 5.32 Å². The number of methoxy groups -OCH3 is 2. The number of hydrogen-bond donors (Lipinski definition) is 1. The van der Waals surface area contributed by atoms with E-state index < -0.39 is 11.8 Å².